The van der Waals surface area contributed by atoms with E-state index >= 15 is 0 Å². The van der Waals surface area contributed by atoms with Crippen molar-refractivity contribution < 1.29 is 74.1 Å². The number of hydrogen-bond donors (Lipinski definition) is 2. The Labute approximate surface area is 390 Å². The Bertz CT molecular complexity index is 2010. The topological polar surface area (TPSA) is 170 Å². The van der Waals surface area contributed by atoms with Crippen LogP contribution in [0.5, 0.6) is 0 Å². The first-order valence-corrected chi connectivity index (χ1v) is 22.9. The molecule has 68 heavy (non-hydrogen) atoms. The molecule has 14 nitrogen and oxygen atoms in total. The normalized spacial score (nSPS) is 28.2. The SMILES string of the molecule is CC1(C)[C@@H]2[C@@H](C(=O)OCc3ccccc3)N(C(=O)[C@H](CC3CCOC3)NC(=O)C(F)(F)F)C[C@@H]21.CC1(C)[C@@H]2[C@@H](C(=O)OCc3ccccc3)N(C(=O)[C@H](CC3CCOC3)NC(=O)C(F)(F)F)C[C@@H]21. The number of piperidine rings is 2. The van der Waals surface area contributed by atoms with Crippen LogP contribution >= 0.6 is 0 Å². The van der Waals surface area contributed by atoms with E-state index in [-0.39, 0.29) is 85.5 Å². The van der Waals surface area contributed by atoms with Crippen LogP contribution in [0.3, 0.4) is 0 Å². The molecule has 4 amide bonds. The van der Waals surface area contributed by atoms with Gasteiger partial charge >= 0.3 is 36.1 Å². The van der Waals surface area contributed by atoms with Gasteiger partial charge in [0.25, 0.3) is 0 Å². The van der Waals surface area contributed by atoms with Gasteiger partial charge in [-0.3, -0.25) is 19.2 Å². The minimum atomic E-state index is -5.12. The summed E-state index contributed by atoms with van der Waals surface area (Å²) in [6.07, 6.45) is -9.02. The highest BCUT2D eigenvalue weighted by atomic mass is 19.4. The maximum atomic E-state index is 13.5. The molecule has 0 spiro atoms. The van der Waals surface area contributed by atoms with Crippen LogP contribution in [-0.2, 0) is 60.9 Å². The number of rotatable bonds is 14. The number of amides is 4. The Hall–Kier alpha value is -5.24. The second-order valence-corrected chi connectivity index (χ2v) is 19.9. The summed E-state index contributed by atoms with van der Waals surface area (Å²) in [5.41, 5.74) is 1.21. The molecule has 6 fully saturated rings. The van der Waals surface area contributed by atoms with E-state index in [0.29, 0.717) is 39.3 Å². The predicted octanol–water partition coefficient (Wildman–Crippen LogP) is 5.37. The van der Waals surface area contributed by atoms with E-state index in [1.165, 1.54) is 9.80 Å². The standard InChI is InChI=1S/2C24H29F3N2O5/c2*1-23(2)16-11-29(19(18(16)23)21(31)34-13-14-6-4-3-5-7-14)20(30)17(10-15-8-9-33-12-15)28-22(32)24(25,26)27/h2*3-7,15-19H,8-13H2,1-2H3,(H,28,32)/t2*15?,16-,17-,18-,19-/m00/s1. The summed E-state index contributed by atoms with van der Waals surface area (Å²) >= 11 is 0. The van der Waals surface area contributed by atoms with Gasteiger partial charge in [-0.05, 0) is 71.3 Å². The number of nitrogens with zero attached hydrogens (tertiary/aromatic N) is 2. The Balaban J connectivity index is 0.000000201. The summed E-state index contributed by atoms with van der Waals surface area (Å²) in [4.78, 5) is 79.1. The number of carbonyl (C=O) groups excluding carboxylic acids is 6. The van der Waals surface area contributed by atoms with Crippen LogP contribution < -0.4 is 10.6 Å². The van der Waals surface area contributed by atoms with Gasteiger partial charge < -0.3 is 39.4 Å². The summed E-state index contributed by atoms with van der Waals surface area (Å²) in [5, 5.41) is 3.73. The van der Waals surface area contributed by atoms with Crippen LogP contribution in [0, 0.1) is 46.3 Å². The van der Waals surface area contributed by atoms with Crippen molar-refractivity contribution in [3.8, 4) is 0 Å². The van der Waals surface area contributed by atoms with Gasteiger partial charge in [-0.1, -0.05) is 88.4 Å². The summed E-state index contributed by atoms with van der Waals surface area (Å²) in [6.45, 7) is 10.1. The Morgan fingerprint density at radius 3 is 1.28 bits per heavy atom. The molecule has 20 heteroatoms. The van der Waals surface area contributed by atoms with Gasteiger partial charge in [0, 0.05) is 51.4 Å². The number of hydrogen-bond acceptors (Lipinski definition) is 10. The van der Waals surface area contributed by atoms with Crippen molar-refractivity contribution in [3.05, 3.63) is 71.8 Å². The van der Waals surface area contributed by atoms with Crippen molar-refractivity contribution in [3.63, 3.8) is 0 Å². The van der Waals surface area contributed by atoms with Gasteiger partial charge in [-0.2, -0.15) is 26.3 Å². The number of esters is 2. The third-order valence-electron chi connectivity index (χ3n) is 14.8. The first-order chi connectivity index (χ1) is 32.0. The number of nitrogens with one attached hydrogen (secondary N) is 2. The van der Waals surface area contributed by atoms with E-state index in [4.69, 9.17) is 18.9 Å². The Morgan fingerprint density at radius 1 is 0.618 bits per heavy atom. The highest BCUT2D eigenvalue weighted by Crippen LogP contribution is 2.66. The van der Waals surface area contributed by atoms with Crippen molar-refractivity contribution >= 4 is 35.6 Å². The molecule has 2 saturated carbocycles. The molecule has 2 aliphatic carbocycles. The van der Waals surface area contributed by atoms with E-state index in [1.807, 2.05) is 74.7 Å². The first kappa shape index (κ1) is 50.6. The lowest BCUT2D eigenvalue weighted by Crippen LogP contribution is -2.56. The average molecular weight is 965 g/mol. The summed E-state index contributed by atoms with van der Waals surface area (Å²) in [5.74, 6) is -7.39. The van der Waals surface area contributed by atoms with Gasteiger partial charge in [0.15, 0.2) is 0 Å². The van der Waals surface area contributed by atoms with Crippen LogP contribution in [0.2, 0.25) is 0 Å². The van der Waals surface area contributed by atoms with E-state index in [2.05, 4.69) is 0 Å². The van der Waals surface area contributed by atoms with Crippen LogP contribution in [0.15, 0.2) is 60.7 Å². The van der Waals surface area contributed by atoms with Gasteiger partial charge in [0.1, 0.15) is 37.4 Å². The summed E-state index contributed by atoms with van der Waals surface area (Å²) in [6, 6.07) is 13.6. The lowest BCUT2D eigenvalue weighted by molar-refractivity contribution is -0.175. The fourth-order valence-corrected chi connectivity index (χ4v) is 10.7. The maximum absolute atomic E-state index is 13.5. The molecule has 0 aromatic heterocycles. The monoisotopic (exact) mass is 964 g/mol. The minimum Gasteiger partial charge on any atom is -0.459 e. The van der Waals surface area contributed by atoms with E-state index < -0.39 is 72.1 Å². The number of halogens is 6. The van der Waals surface area contributed by atoms with Gasteiger partial charge in [0.2, 0.25) is 11.8 Å². The molecule has 0 radical (unpaired) electrons. The number of carbonyl (C=O) groups is 6. The molecule has 2 aromatic rings. The Morgan fingerprint density at radius 2 is 0.971 bits per heavy atom. The van der Waals surface area contributed by atoms with Crippen molar-refractivity contribution in [2.75, 3.05) is 39.5 Å². The number of likely N-dealkylation sites (tertiary alicyclic amines) is 2. The van der Waals surface area contributed by atoms with Crippen LogP contribution in [0.1, 0.15) is 64.5 Å². The molecular weight excluding hydrogens is 907 g/mol. The fourth-order valence-electron chi connectivity index (χ4n) is 10.7. The van der Waals surface area contributed by atoms with Crippen LogP contribution in [0.25, 0.3) is 0 Å². The lowest BCUT2D eigenvalue weighted by atomic mass is 9.96. The second kappa shape index (κ2) is 20.0. The quantitative estimate of drug-likeness (QED) is 0.186. The van der Waals surface area contributed by atoms with Crippen molar-refractivity contribution in [1.82, 2.24) is 20.4 Å². The molecule has 4 aliphatic heterocycles. The molecule has 10 atom stereocenters. The smallest absolute Gasteiger partial charge is 0.459 e. The van der Waals surface area contributed by atoms with E-state index in [1.54, 1.807) is 24.3 Å². The van der Waals surface area contributed by atoms with Crippen molar-refractivity contribution in [2.24, 2.45) is 46.3 Å². The van der Waals surface area contributed by atoms with E-state index in [0.717, 1.165) is 11.1 Å². The largest absolute Gasteiger partial charge is 0.471 e. The fraction of sp³-hybridized carbons (Fsp3) is 0.625. The van der Waals surface area contributed by atoms with Crippen molar-refractivity contribution in [2.45, 2.75) is 103 Å². The highest BCUT2D eigenvalue weighted by Gasteiger charge is 2.71. The second-order valence-electron chi connectivity index (χ2n) is 19.9. The molecule has 8 rings (SSSR count). The average Bonchev–Trinajstić information content (AvgIpc) is 3.87. The lowest BCUT2D eigenvalue weighted by Gasteiger charge is -2.33. The maximum Gasteiger partial charge on any atom is 0.471 e. The third kappa shape index (κ3) is 11.3. The van der Waals surface area contributed by atoms with Gasteiger partial charge in [0.05, 0.1) is 0 Å². The van der Waals surface area contributed by atoms with Crippen LogP contribution in [0.4, 0.5) is 26.3 Å². The number of benzene rings is 2. The summed E-state index contributed by atoms with van der Waals surface area (Å²) < 4.78 is 99.4. The zero-order valence-electron chi connectivity index (χ0n) is 38.3. The number of alkyl halides is 6. The van der Waals surface area contributed by atoms with E-state index in [9.17, 15) is 55.1 Å². The zero-order valence-corrected chi connectivity index (χ0v) is 38.3. The van der Waals surface area contributed by atoms with Crippen LogP contribution in [-0.4, -0.2) is 121 Å². The number of ether oxygens (including phenoxy) is 4. The molecular formula is C48H58F6N4O10. The molecule has 6 aliphatic rings. The molecule has 2 unspecified atom stereocenters. The molecule has 372 valence electrons. The highest BCUT2D eigenvalue weighted by molar-refractivity contribution is 5.94. The summed E-state index contributed by atoms with van der Waals surface area (Å²) in [7, 11) is 0. The van der Waals surface area contributed by atoms with Gasteiger partial charge in [-0.25, -0.2) is 9.59 Å². The molecule has 0 bridgehead atoms. The molecule has 2 N–H and O–H groups in total. The first-order valence-electron chi connectivity index (χ1n) is 22.9. The number of fused-ring (bicyclic) bond motifs is 2. The molecule has 2 aromatic carbocycles. The zero-order chi connectivity index (χ0) is 49.3. The Kier molecular flexibility index (Phi) is 14.9. The van der Waals surface area contributed by atoms with Crippen molar-refractivity contribution in [1.29, 1.82) is 0 Å². The van der Waals surface area contributed by atoms with Gasteiger partial charge in [-0.15, -0.1) is 0 Å². The molecule has 4 saturated heterocycles. The predicted molar refractivity (Wildman–Crippen MR) is 228 cm³/mol. The molecule has 4 heterocycles. The minimum absolute atomic E-state index is 0.0155. The third-order valence-corrected chi connectivity index (χ3v) is 14.8.